The molecule has 0 radical (unpaired) electrons. The first-order valence-electron chi connectivity index (χ1n) is 26.2. The first kappa shape index (κ1) is 57.4. The molecule has 6 nitrogen and oxygen atoms in total. The lowest BCUT2D eigenvalue weighted by Crippen LogP contribution is -2.30. The Hall–Kier alpha value is -1.59. The standard InChI is InChI=1S/C53H102O6/c1-6-7-8-9-10-11-16-25-30-35-40-45-53(56)59-50(47-58-52(55)44-39-34-29-24-20-19-22-27-32-37-42-49(4)5)46-57-51(54)43-38-33-28-23-18-15-13-12-14-17-21-26-31-36-41-48(2)3/h48-50H,6-47H2,1-5H3/t50-/m0/s1. The van der Waals surface area contributed by atoms with Gasteiger partial charge in [0.2, 0.25) is 0 Å². The van der Waals surface area contributed by atoms with Gasteiger partial charge in [0.15, 0.2) is 6.10 Å². The van der Waals surface area contributed by atoms with Gasteiger partial charge in [0.25, 0.3) is 0 Å². The minimum Gasteiger partial charge on any atom is -0.462 e. The zero-order valence-electron chi connectivity index (χ0n) is 40.4. The Labute approximate surface area is 368 Å². The molecule has 6 heteroatoms. The van der Waals surface area contributed by atoms with Crippen LogP contribution in [0.1, 0.15) is 291 Å². The quantitative estimate of drug-likeness (QED) is 0.0345. The highest BCUT2D eigenvalue weighted by Crippen LogP contribution is 2.17. The lowest BCUT2D eigenvalue weighted by atomic mass is 10.0. The molecule has 0 aromatic rings. The predicted molar refractivity (Wildman–Crippen MR) is 252 cm³/mol. The fourth-order valence-corrected chi connectivity index (χ4v) is 7.99. The van der Waals surface area contributed by atoms with Crippen LogP contribution in [0, 0.1) is 11.8 Å². The molecule has 1 atom stereocenters. The van der Waals surface area contributed by atoms with Crippen molar-refractivity contribution in [1.82, 2.24) is 0 Å². The van der Waals surface area contributed by atoms with Crippen LogP contribution in [0.5, 0.6) is 0 Å². The van der Waals surface area contributed by atoms with Crippen molar-refractivity contribution in [2.75, 3.05) is 13.2 Å². The number of hydrogen-bond donors (Lipinski definition) is 0. The van der Waals surface area contributed by atoms with E-state index in [9.17, 15) is 14.4 Å². The molecule has 0 aliphatic carbocycles. The number of esters is 3. The number of rotatable bonds is 47. The second-order valence-corrected chi connectivity index (χ2v) is 19.1. The van der Waals surface area contributed by atoms with E-state index < -0.39 is 6.10 Å². The van der Waals surface area contributed by atoms with Crippen LogP contribution >= 0.6 is 0 Å². The molecular weight excluding hydrogens is 733 g/mol. The lowest BCUT2D eigenvalue weighted by Gasteiger charge is -2.18. The zero-order chi connectivity index (χ0) is 43.3. The van der Waals surface area contributed by atoms with Gasteiger partial charge < -0.3 is 14.2 Å². The second kappa shape index (κ2) is 45.9. The minimum absolute atomic E-state index is 0.0635. The highest BCUT2D eigenvalue weighted by molar-refractivity contribution is 5.71. The van der Waals surface area contributed by atoms with Crippen molar-refractivity contribution >= 4 is 17.9 Å². The Bertz CT molecular complexity index is 900. The molecule has 0 N–H and O–H groups in total. The van der Waals surface area contributed by atoms with Crippen molar-refractivity contribution in [3.05, 3.63) is 0 Å². The summed E-state index contributed by atoms with van der Waals surface area (Å²) in [5.74, 6) is 0.816. The van der Waals surface area contributed by atoms with E-state index in [4.69, 9.17) is 14.2 Å². The maximum Gasteiger partial charge on any atom is 0.306 e. The molecule has 0 aliphatic heterocycles. The number of carbonyl (C=O) groups excluding carboxylic acids is 3. The van der Waals surface area contributed by atoms with Crippen LogP contribution in [0.4, 0.5) is 0 Å². The Morgan fingerprint density at radius 1 is 0.322 bits per heavy atom. The molecule has 0 saturated carbocycles. The van der Waals surface area contributed by atoms with E-state index in [0.29, 0.717) is 19.3 Å². The van der Waals surface area contributed by atoms with Crippen LogP contribution in [0.3, 0.4) is 0 Å². The van der Waals surface area contributed by atoms with Gasteiger partial charge in [0.1, 0.15) is 13.2 Å². The van der Waals surface area contributed by atoms with Crippen molar-refractivity contribution in [2.24, 2.45) is 11.8 Å². The average molecular weight is 835 g/mol. The molecule has 350 valence electrons. The molecular formula is C53H102O6. The van der Waals surface area contributed by atoms with Crippen LogP contribution in [-0.4, -0.2) is 37.2 Å². The molecule has 0 spiro atoms. The first-order valence-corrected chi connectivity index (χ1v) is 26.2. The monoisotopic (exact) mass is 835 g/mol. The van der Waals surface area contributed by atoms with Gasteiger partial charge in [-0.15, -0.1) is 0 Å². The van der Waals surface area contributed by atoms with Gasteiger partial charge in [-0.3, -0.25) is 14.4 Å². The summed E-state index contributed by atoms with van der Waals surface area (Å²) in [4.78, 5) is 37.9. The van der Waals surface area contributed by atoms with Gasteiger partial charge in [0, 0.05) is 19.3 Å². The van der Waals surface area contributed by atoms with Gasteiger partial charge in [-0.05, 0) is 31.1 Å². The summed E-state index contributed by atoms with van der Waals surface area (Å²) in [7, 11) is 0. The summed E-state index contributed by atoms with van der Waals surface area (Å²) in [6.07, 6.45) is 46.6. The topological polar surface area (TPSA) is 78.9 Å². The number of carbonyl (C=O) groups is 3. The summed E-state index contributed by atoms with van der Waals surface area (Å²) in [6.45, 7) is 11.4. The summed E-state index contributed by atoms with van der Waals surface area (Å²) in [6, 6.07) is 0. The third kappa shape index (κ3) is 47.3. The number of unbranched alkanes of at least 4 members (excludes halogenated alkanes) is 32. The summed E-state index contributed by atoms with van der Waals surface area (Å²) < 4.78 is 16.8. The third-order valence-corrected chi connectivity index (χ3v) is 12.0. The van der Waals surface area contributed by atoms with Crippen molar-refractivity contribution in [1.29, 1.82) is 0 Å². The van der Waals surface area contributed by atoms with Gasteiger partial charge in [-0.1, -0.05) is 253 Å². The average Bonchev–Trinajstić information content (AvgIpc) is 3.20. The number of hydrogen-bond acceptors (Lipinski definition) is 6. The molecule has 0 aromatic heterocycles. The van der Waals surface area contributed by atoms with Crippen molar-refractivity contribution < 1.29 is 28.6 Å². The van der Waals surface area contributed by atoms with E-state index in [-0.39, 0.29) is 31.1 Å². The van der Waals surface area contributed by atoms with Gasteiger partial charge in [-0.2, -0.15) is 0 Å². The summed E-state index contributed by atoms with van der Waals surface area (Å²) in [5.41, 5.74) is 0. The first-order chi connectivity index (χ1) is 28.7. The van der Waals surface area contributed by atoms with Crippen molar-refractivity contribution in [2.45, 2.75) is 298 Å². The highest BCUT2D eigenvalue weighted by Gasteiger charge is 2.19. The fourth-order valence-electron chi connectivity index (χ4n) is 7.99. The molecule has 0 amide bonds. The largest absolute Gasteiger partial charge is 0.462 e. The molecule has 0 bridgehead atoms. The summed E-state index contributed by atoms with van der Waals surface area (Å²) in [5, 5.41) is 0. The smallest absolute Gasteiger partial charge is 0.306 e. The molecule has 59 heavy (non-hydrogen) atoms. The summed E-state index contributed by atoms with van der Waals surface area (Å²) >= 11 is 0. The van der Waals surface area contributed by atoms with E-state index in [0.717, 1.165) is 69.6 Å². The predicted octanol–water partition coefficient (Wildman–Crippen LogP) is 16.9. The van der Waals surface area contributed by atoms with Crippen molar-refractivity contribution in [3.8, 4) is 0 Å². The van der Waals surface area contributed by atoms with E-state index in [2.05, 4.69) is 34.6 Å². The SMILES string of the molecule is CCCCCCCCCCCCCC(=O)O[C@@H](COC(=O)CCCCCCCCCCCCCCCCC(C)C)COC(=O)CCCCCCCCCCCCC(C)C. The van der Waals surface area contributed by atoms with E-state index in [1.165, 1.54) is 180 Å². The Morgan fingerprint density at radius 3 is 0.831 bits per heavy atom. The van der Waals surface area contributed by atoms with Gasteiger partial charge in [0.05, 0.1) is 0 Å². The molecule has 0 unspecified atom stereocenters. The van der Waals surface area contributed by atoms with Crippen molar-refractivity contribution in [3.63, 3.8) is 0 Å². The van der Waals surface area contributed by atoms with E-state index in [1.54, 1.807) is 0 Å². The Kier molecular flexibility index (Phi) is 44.7. The minimum atomic E-state index is -0.761. The zero-order valence-corrected chi connectivity index (χ0v) is 40.4. The molecule has 0 aliphatic rings. The lowest BCUT2D eigenvalue weighted by molar-refractivity contribution is -0.167. The number of ether oxygens (including phenoxy) is 3. The van der Waals surface area contributed by atoms with Crippen LogP contribution in [0.2, 0.25) is 0 Å². The normalized spacial score (nSPS) is 12.1. The Balaban J connectivity index is 4.27. The highest BCUT2D eigenvalue weighted by atomic mass is 16.6. The maximum atomic E-state index is 12.8. The van der Waals surface area contributed by atoms with Crippen LogP contribution in [-0.2, 0) is 28.6 Å². The molecule has 0 heterocycles. The maximum absolute atomic E-state index is 12.8. The van der Waals surface area contributed by atoms with E-state index >= 15 is 0 Å². The van der Waals surface area contributed by atoms with Crippen LogP contribution < -0.4 is 0 Å². The molecule has 0 aromatic carbocycles. The Morgan fingerprint density at radius 2 is 0.559 bits per heavy atom. The molecule has 0 saturated heterocycles. The van der Waals surface area contributed by atoms with Gasteiger partial charge in [-0.25, -0.2) is 0 Å². The second-order valence-electron chi connectivity index (χ2n) is 19.1. The van der Waals surface area contributed by atoms with Crippen LogP contribution in [0.25, 0.3) is 0 Å². The van der Waals surface area contributed by atoms with E-state index in [1.807, 2.05) is 0 Å². The fraction of sp³-hybridized carbons (Fsp3) is 0.943. The van der Waals surface area contributed by atoms with Crippen LogP contribution in [0.15, 0.2) is 0 Å². The molecule has 0 fully saturated rings. The van der Waals surface area contributed by atoms with Gasteiger partial charge >= 0.3 is 17.9 Å². The molecule has 0 rings (SSSR count). The third-order valence-electron chi connectivity index (χ3n) is 12.0.